The van der Waals surface area contributed by atoms with Gasteiger partial charge in [0.15, 0.2) is 5.60 Å². The minimum absolute atomic E-state index is 0.0585. The van der Waals surface area contributed by atoms with Gasteiger partial charge in [0.2, 0.25) is 0 Å². The van der Waals surface area contributed by atoms with Crippen LogP contribution in [0.4, 0.5) is 0 Å². The maximum atomic E-state index is 8.85. The van der Waals surface area contributed by atoms with Crippen molar-refractivity contribution in [2.45, 2.75) is 18.6 Å². The van der Waals surface area contributed by atoms with Crippen LogP contribution >= 0.6 is 0 Å². The number of aliphatic hydroxyl groups is 1. The molecule has 0 aromatic carbocycles. The van der Waals surface area contributed by atoms with Gasteiger partial charge in [0.25, 0.3) is 0 Å². The highest BCUT2D eigenvalue weighted by Gasteiger charge is 2.42. The van der Waals surface area contributed by atoms with Crippen LogP contribution in [0.1, 0.15) is 6.92 Å². The second-order valence-electron chi connectivity index (χ2n) is 2.93. The summed E-state index contributed by atoms with van der Waals surface area (Å²) in [7, 11) is 1.55. The molecule has 0 saturated carbocycles. The molecular weight excluding hydrogens is 172 g/mol. The Balaban J connectivity index is 2.29. The van der Waals surface area contributed by atoms with Gasteiger partial charge in [-0.1, -0.05) is 11.8 Å². The summed E-state index contributed by atoms with van der Waals surface area (Å²) >= 11 is 0. The van der Waals surface area contributed by atoms with E-state index in [1.165, 1.54) is 0 Å². The molecular formula is C9H14O4. The summed E-state index contributed by atoms with van der Waals surface area (Å²) in [6.45, 7) is 2.49. The van der Waals surface area contributed by atoms with Gasteiger partial charge in [-0.15, -0.1) is 0 Å². The van der Waals surface area contributed by atoms with E-state index in [1.807, 2.05) is 6.92 Å². The molecule has 1 fully saturated rings. The third-order valence-electron chi connectivity index (χ3n) is 1.69. The quantitative estimate of drug-likeness (QED) is 0.374. The summed E-state index contributed by atoms with van der Waals surface area (Å²) in [6, 6.07) is 0. The van der Waals surface area contributed by atoms with Crippen LogP contribution in [0.25, 0.3) is 0 Å². The molecule has 13 heavy (non-hydrogen) atoms. The van der Waals surface area contributed by atoms with Crippen molar-refractivity contribution in [3.8, 4) is 11.8 Å². The zero-order valence-corrected chi connectivity index (χ0v) is 7.87. The number of aliphatic hydroxyl groups excluding tert-OH is 1. The fourth-order valence-corrected chi connectivity index (χ4v) is 0.735. The summed E-state index contributed by atoms with van der Waals surface area (Å²) in [6.07, 6.45) is -0.201. The van der Waals surface area contributed by atoms with Gasteiger partial charge >= 0.3 is 0 Å². The lowest BCUT2D eigenvalue weighted by atomic mass is 10.2. The third kappa shape index (κ3) is 3.33. The van der Waals surface area contributed by atoms with E-state index in [0.29, 0.717) is 6.61 Å². The fourth-order valence-electron chi connectivity index (χ4n) is 0.735. The van der Waals surface area contributed by atoms with Crippen molar-refractivity contribution in [2.24, 2.45) is 0 Å². The minimum Gasteiger partial charge on any atom is -0.392 e. The molecule has 1 saturated heterocycles. The van der Waals surface area contributed by atoms with E-state index in [-0.39, 0.29) is 19.5 Å². The van der Waals surface area contributed by atoms with E-state index >= 15 is 0 Å². The van der Waals surface area contributed by atoms with Gasteiger partial charge in [0.05, 0.1) is 13.2 Å². The van der Waals surface area contributed by atoms with Crippen molar-refractivity contribution in [3.05, 3.63) is 0 Å². The van der Waals surface area contributed by atoms with E-state index in [2.05, 4.69) is 11.8 Å². The average Bonchev–Trinajstić information content (AvgIpc) is 2.92. The van der Waals surface area contributed by atoms with Crippen LogP contribution in [0.2, 0.25) is 0 Å². The lowest BCUT2D eigenvalue weighted by Gasteiger charge is -2.04. The zero-order valence-electron chi connectivity index (χ0n) is 7.87. The smallest absolute Gasteiger partial charge is 0.174 e. The number of ether oxygens (including phenoxy) is 3. The molecule has 2 atom stereocenters. The summed E-state index contributed by atoms with van der Waals surface area (Å²) in [4.78, 5) is 0. The Hall–Kier alpha value is -0.600. The first-order valence-electron chi connectivity index (χ1n) is 4.10. The van der Waals surface area contributed by atoms with Crippen LogP contribution in [-0.4, -0.2) is 43.9 Å². The van der Waals surface area contributed by atoms with Crippen molar-refractivity contribution in [1.82, 2.24) is 0 Å². The first kappa shape index (κ1) is 10.5. The second-order valence-corrected chi connectivity index (χ2v) is 2.93. The summed E-state index contributed by atoms with van der Waals surface area (Å²) in [5.74, 6) is 5.66. The zero-order chi connectivity index (χ0) is 9.73. The van der Waals surface area contributed by atoms with E-state index < -0.39 is 5.60 Å². The molecule has 0 spiro atoms. The van der Waals surface area contributed by atoms with Gasteiger partial charge in [-0.2, -0.15) is 0 Å². The molecule has 4 nitrogen and oxygen atoms in total. The first-order valence-corrected chi connectivity index (χ1v) is 4.10. The molecule has 1 rings (SSSR count). The van der Waals surface area contributed by atoms with Gasteiger partial charge in [-0.3, -0.25) is 0 Å². The minimum atomic E-state index is -0.606. The molecule has 1 heterocycles. The SMILES string of the molecule is COCOC(C)C#C[C@@]1(CO)CO1. The molecule has 0 aliphatic carbocycles. The maximum absolute atomic E-state index is 8.85. The predicted octanol–water partition coefficient (Wildman–Crippen LogP) is -0.240. The number of hydrogen-bond donors (Lipinski definition) is 1. The molecule has 0 radical (unpaired) electrons. The van der Waals surface area contributed by atoms with Crippen LogP contribution in [0, 0.1) is 11.8 Å². The monoisotopic (exact) mass is 186 g/mol. The average molecular weight is 186 g/mol. The fraction of sp³-hybridized carbons (Fsp3) is 0.778. The second kappa shape index (κ2) is 4.58. The standard InChI is InChI=1S/C9H14O4/c1-8(12-7-11-2)3-4-9(5-10)6-13-9/h8,10H,5-7H2,1-2H3/t8?,9-/m1/s1. The Morgan fingerprint density at radius 3 is 2.85 bits per heavy atom. The summed E-state index contributed by atoms with van der Waals surface area (Å²) < 4.78 is 14.8. The van der Waals surface area contributed by atoms with Crippen molar-refractivity contribution >= 4 is 0 Å². The molecule has 1 unspecified atom stereocenters. The Morgan fingerprint density at radius 2 is 2.38 bits per heavy atom. The topological polar surface area (TPSA) is 51.2 Å². The normalized spacial score (nSPS) is 27.6. The van der Waals surface area contributed by atoms with E-state index in [0.717, 1.165) is 0 Å². The van der Waals surface area contributed by atoms with E-state index in [9.17, 15) is 0 Å². The van der Waals surface area contributed by atoms with Crippen molar-refractivity contribution < 1.29 is 19.3 Å². The Labute approximate surface area is 77.8 Å². The number of hydrogen-bond acceptors (Lipinski definition) is 4. The first-order chi connectivity index (χ1) is 6.22. The van der Waals surface area contributed by atoms with Crippen molar-refractivity contribution in [3.63, 3.8) is 0 Å². The van der Waals surface area contributed by atoms with Crippen molar-refractivity contribution in [1.29, 1.82) is 0 Å². The Bertz CT molecular complexity index is 211. The van der Waals surface area contributed by atoms with Crippen LogP contribution < -0.4 is 0 Å². The molecule has 74 valence electrons. The van der Waals surface area contributed by atoms with Gasteiger partial charge in [-0.25, -0.2) is 0 Å². The van der Waals surface area contributed by atoms with Crippen LogP contribution in [-0.2, 0) is 14.2 Å². The molecule has 4 heteroatoms. The number of epoxide rings is 1. The van der Waals surface area contributed by atoms with Gasteiger partial charge < -0.3 is 19.3 Å². The largest absolute Gasteiger partial charge is 0.392 e. The van der Waals surface area contributed by atoms with Gasteiger partial charge in [0.1, 0.15) is 12.9 Å². The van der Waals surface area contributed by atoms with Gasteiger partial charge in [0, 0.05) is 7.11 Å². The molecule has 0 amide bonds. The molecule has 1 N–H and O–H groups in total. The van der Waals surface area contributed by atoms with E-state index in [1.54, 1.807) is 7.11 Å². The third-order valence-corrected chi connectivity index (χ3v) is 1.69. The maximum Gasteiger partial charge on any atom is 0.174 e. The Kier molecular flexibility index (Phi) is 3.70. The van der Waals surface area contributed by atoms with E-state index in [4.69, 9.17) is 19.3 Å². The molecule has 0 aromatic rings. The van der Waals surface area contributed by atoms with Gasteiger partial charge in [-0.05, 0) is 6.92 Å². The highest BCUT2D eigenvalue weighted by Crippen LogP contribution is 2.24. The molecule has 0 bridgehead atoms. The lowest BCUT2D eigenvalue weighted by Crippen LogP contribution is -2.15. The summed E-state index contributed by atoms with van der Waals surface area (Å²) in [5.41, 5.74) is -0.606. The molecule has 1 aliphatic rings. The van der Waals surface area contributed by atoms with Crippen LogP contribution in [0.5, 0.6) is 0 Å². The molecule has 0 aromatic heterocycles. The van der Waals surface area contributed by atoms with Crippen LogP contribution in [0.15, 0.2) is 0 Å². The Morgan fingerprint density at radius 1 is 1.69 bits per heavy atom. The highest BCUT2D eigenvalue weighted by molar-refractivity contribution is 5.22. The highest BCUT2D eigenvalue weighted by atomic mass is 16.7. The molecule has 1 aliphatic heterocycles. The number of rotatable bonds is 4. The van der Waals surface area contributed by atoms with Crippen molar-refractivity contribution in [2.75, 3.05) is 27.1 Å². The lowest BCUT2D eigenvalue weighted by molar-refractivity contribution is -0.0466. The van der Waals surface area contributed by atoms with Crippen LogP contribution in [0.3, 0.4) is 0 Å². The summed E-state index contributed by atoms with van der Waals surface area (Å²) in [5, 5.41) is 8.85. The predicted molar refractivity (Wildman–Crippen MR) is 46.0 cm³/mol. The number of methoxy groups -OCH3 is 1.